The number of hydrogen-bond donors (Lipinski definition) is 1. The van der Waals surface area contributed by atoms with Gasteiger partial charge in [0.15, 0.2) is 0 Å². The number of nitrogens with one attached hydrogen (secondary N) is 1. The molecule has 0 spiro atoms. The monoisotopic (exact) mass is 157 g/mol. The number of hydrogen-bond acceptors (Lipinski definition) is 2. The van der Waals surface area contributed by atoms with Crippen LogP contribution >= 0.6 is 0 Å². The van der Waals surface area contributed by atoms with Crippen LogP contribution in [0, 0.1) is 6.42 Å². The highest BCUT2D eigenvalue weighted by molar-refractivity contribution is 6.06. The average molecular weight is 157 g/mol. The SMILES string of the molecule is [C]1C=CC(=Nc2cn[nH]c2)C=C1. The first kappa shape index (κ1) is 7.03. The Kier molecular flexibility index (Phi) is 1.86. The highest BCUT2D eigenvalue weighted by Gasteiger charge is 1.94. The number of H-pyrrole nitrogens is 1. The third-order valence-electron chi connectivity index (χ3n) is 1.44. The van der Waals surface area contributed by atoms with Crippen molar-refractivity contribution in [1.82, 2.24) is 10.2 Å². The van der Waals surface area contributed by atoms with Gasteiger partial charge in [-0.25, -0.2) is 4.99 Å². The molecule has 0 unspecified atom stereocenters. The minimum atomic E-state index is 0.834. The van der Waals surface area contributed by atoms with E-state index in [0.29, 0.717) is 0 Å². The molecule has 1 aromatic heterocycles. The van der Waals surface area contributed by atoms with Crippen molar-refractivity contribution in [1.29, 1.82) is 0 Å². The number of aromatic nitrogens is 2. The van der Waals surface area contributed by atoms with E-state index < -0.39 is 0 Å². The fraction of sp³-hybridized carbons (Fsp3) is 0. The third-order valence-corrected chi connectivity index (χ3v) is 1.44. The van der Waals surface area contributed by atoms with E-state index in [1.165, 1.54) is 0 Å². The lowest BCUT2D eigenvalue weighted by Gasteiger charge is -1.95. The Hall–Kier alpha value is -1.64. The van der Waals surface area contributed by atoms with E-state index in [2.05, 4.69) is 21.6 Å². The fourth-order valence-electron chi connectivity index (χ4n) is 0.907. The lowest BCUT2D eigenvalue weighted by atomic mass is 10.2. The Balaban J connectivity index is 2.23. The molecule has 1 aromatic rings. The first-order valence-corrected chi connectivity index (χ1v) is 3.62. The summed E-state index contributed by atoms with van der Waals surface area (Å²) in [5.41, 5.74) is 1.75. The lowest BCUT2D eigenvalue weighted by Crippen LogP contribution is -1.89. The Bertz CT molecular complexity index is 317. The predicted octanol–water partition coefficient (Wildman–Crippen LogP) is 1.69. The summed E-state index contributed by atoms with van der Waals surface area (Å²) < 4.78 is 0. The number of nitrogens with zero attached hydrogens (tertiary/aromatic N) is 2. The summed E-state index contributed by atoms with van der Waals surface area (Å²) in [5.74, 6) is 0. The number of aliphatic imine (C=N–C) groups is 1. The molecular formula is C9H7N3. The topological polar surface area (TPSA) is 41.0 Å². The summed E-state index contributed by atoms with van der Waals surface area (Å²) >= 11 is 0. The third kappa shape index (κ3) is 1.50. The molecule has 3 heteroatoms. The largest absolute Gasteiger partial charge is 0.283 e. The summed E-state index contributed by atoms with van der Waals surface area (Å²) in [4.78, 5) is 4.29. The molecule has 12 heavy (non-hydrogen) atoms. The van der Waals surface area contributed by atoms with Crippen molar-refractivity contribution in [3.05, 3.63) is 43.1 Å². The van der Waals surface area contributed by atoms with Crippen LogP contribution in [0.15, 0.2) is 41.7 Å². The normalized spacial score (nSPS) is 15.2. The van der Waals surface area contributed by atoms with Crippen LogP contribution in [0.1, 0.15) is 0 Å². The van der Waals surface area contributed by atoms with E-state index >= 15 is 0 Å². The van der Waals surface area contributed by atoms with Crippen LogP contribution in [0.25, 0.3) is 0 Å². The molecule has 1 heterocycles. The molecule has 3 nitrogen and oxygen atoms in total. The Morgan fingerprint density at radius 1 is 1.33 bits per heavy atom. The summed E-state index contributed by atoms with van der Waals surface area (Å²) in [6, 6.07) is 0. The zero-order chi connectivity index (χ0) is 8.23. The molecule has 0 atom stereocenters. The quantitative estimate of drug-likeness (QED) is 0.662. The van der Waals surface area contributed by atoms with Gasteiger partial charge >= 0.3 is 0 Å². The zero-order valence-electron chi connectivity index (χ0n) is 6.36. The molecule has 0 bridgehead atoms. The van der Waals surface area contributed by atoms with Gasteiger partial charge < -0.3 is 0 Å². The van der Waals surface area contributed by atoms with Gasteiger partial charge in [0.1, 0.15) is 5.69 Å². The second kappa shape index (κ2) is 3.17. The van der Waals surface area contributed by atoms with Crippen molar-refractivity contribution >= 4 is 11.4 Å². The van der Waals surface area contributed by atoms with Gasteiger partial charge in [0.05, 0.1) is 11.9 Å². The van der Waals surface area contributed by atoms with E-state index in [9.17, 15) is 0 Å². The van der Waals surface area contributed by atoms with Crippen LogP contribution in [0.4, 0.5) is 5.69 Å². The molecule has 2 rings (SSSR count). The number of rotatable bonds is 1. The Morgan fingerprint density at radius 2 is 2.17 bits per heavy atom. The second-order valence-corrected chi connectivity index (χ2v) is 2.33. The van der Waals surface area contributed by atoms with Crippen LogP contribution in [-0.4, -0.2) is 15.9 Å². The van der Waals surface area contributed by atoms with Crippen molar-refractivity contribution in [3.63, 3.8) is 0 Å². The van der Waals surface area contributed by atoms with E-state index in [1.807, 2.05) is 24.3 Å². The molecule has 0 aromatic carbocycles. The number of aromatic amines is 1. The molecule has 2 radical (unpaired) electrons. The van der Waals surface area contributed by atoms with Crippen molar-refractivity contribution < 1.29 is 0 Å². The maximum atomic E-state index is 4.29. The molecule has 0 amide bonds. The molecule has 1 aliphatic rings. The van der Waals surface area contributed by atoms with E-state index in [4.69, 9.17) is 0 Å². The Labute approximate surface area is 70.5 Å². The van der Waals surface area contributed by atoms with Gasteiger partial charge in [0, 0.05) is 12.6 Å². The van der Waals surface area contributed by atoms with Gasteiger partial charge in [-0.15, -0.1) is 0 Å². The fourth-order valence-corrected chi connectivity index (χ4v) is 0.907. The maximum absolute atomic E-state index is 4.29. The molecular weight excluding hydrogens is 150 g/mol. The van der Waals surface area contributed by atoms with Gasteiger partial charge in [-0.1, -0.05) is 12.2 Å². The molecule has 0 saturated carbocycles. The highest BCUT2D eigenvalue weighted by Crippen LogP contribution is 2.09. The van der Waals surface area contributed by atoms with Gasteiger partial charge in [0.25, 0.3) is 0 Å². The van der Waals surface area contributed by atoms with E-state index in [0.717, 1.165) is 11.4 Å². The average Bonchev–Trinajstić information content (AvgIpc) is 2.59. The van der Waals surface area contributed by atoms with Gasteiger partial charge in [-0.2, -0.15) is 5.10 Å². The number of allylic oxidation sites excluding steroid dienone is 4. The van der Waals surface area contributed by atoms with E-state index in [-0.39, 0.29) is 0 Å². The van der Waals surface area contributed by atoms with Gasteiger partial charge in [-0.05, 0) is 12.2 Å². The highest BCUT2D eigenvalue weighted by atomic mass is 15.1. The first-order chi connectivity index (χ1) is 5.95. The minimum Gasteiger partial charge on any atom is -0.283 e. The lowest BCUT2D eigenvalue weighted by molar-refractivity contribution is 1.09. The molecule has 0 aliphatic heterocycles. The molecule has 1 N–H and O–H groups in total. The summed E-state index contributed by atoms with van der Waals surface area (Å²) in [6.07, 6.45) is 13.8. The summed E-state index contributed by atoms with van der Waals surface area (Å²) in [6.45, 7) is 0. The second-order valence-electron chi connectivity index (χ2n) is 2.33. The predicted molar refractivity (Wildman–Crippen MR) is 47.2 cm³/mol. The molecule has 58 valence electrons. The summed E-state index contributed by atoms with van der Waals surface area (Å²) in [5, 5.41) is 6.49. The van der Waals surface area contributed by atoms with Crippen LogP contribution < -0.4 is 0 Å². The smallest absolute Gasteiger partial charge is 0.101 e. The standard InChI is InChI=1S/C9H7N3/c1-2-4-8(5-3-1)12-9-6-10-11-7-9/h2-7H,(H,10,11). The molecule has 0 fully saturated rings. The Morgan fingerprint density at radius 3 is 2.83 bits per heavy atom. The molecule has 0 saturated heterocycles. The molecule has 1 aliphatic carbocycles. The van der Waals surface area contributed by atoms with Crippen LogP contribution in [0.5, 0.6) is 0 Å². The zero-order valence-corrected chi connectivity index (χ0v) is 6.36. The van der Waals surface area contributed by atoms with Gasteiger partial charge in [-0.3, -0.25) is 5.10 Å². The van der Waals surface area contributed by atoms with Crippen molar-refractivity contribution in [3.8, 4) is 0 Å². The van der Waals surface area contributed by atoms with Crippen LogP contribution in [0.3, 0.4) is 0 Å². The van der Waals surface area contributed by atoms with E-state index in [1.54, 1.807) is 12.4 Å². The van der Waals surface area contributed by atoms with Crippen molar-refractivity contribution in [2.24, 2.45) is 4.99 Å². The first-order valence-electron chi connectivity index (χ1n) is 3.62. The minimum absolute atomic E-state index is 0.834. The van der Waals surface area contributed by atoms with Crippen molar-refractivity contribution in [2.75, 3.05) is 0 Å². The summed E-state index contributed by atoms with van der Waals surface area (Å²) in [7, 11) is 0. The maximum Gasteiger partial charge on any atom is 0.101 e. The van der Waals surface area contributed by atoms with Crippen molar-refractivity contribution in [2.45, 2.75) is 0 Å². The van der Waals surface area contributed by atoms with Crippen LogP contribution in [-0.2, 0) is 0 Å². The van der Waals surface area contributed by atoms with Crippen LogP contribution in [0.2, 0.25) is 0 Å². The van der Waals surface area contributed by atoms with Gasteiger partial charge in [0.2, 0.25) is 0 Å².